The minimum atomic E-state index is -1.52. The fourth-order valence-electron chi connectivity index (χ4n) is 2.17. The second-order valence-electron chi connectivity index (χ2n) is 5.55. The van der Waals surface area contributed by atoms with Crippen molar-refractivity contribution in [3.05, 3.63) is 65.2 Å². The predicted octanol–water partition coefficient (Wildman–Crippen LogP) is 1.33. The number of pyridine rings is 1. The molecule has 8 nitrogen and oxygen atoms in total. The zero-order valence-corrected chi connectivity index (χ0v) is 14.5. The van der Waals surface area contributed by atoms with Crippen LogP contribution in [0.3, 0.4) is 0 Å². The second-order valence-corrected chi connectivity index (χ2v) is 5.55. The van der Waals surface area contributed by atoms with Crippen LogP contribution in [0.15, 0.2) is 42.6 Å². The van der Waals surface area contributed by atoms with E-state index in [1.807, 2.05) is 6.07 Å². The van der Waals surface area contributed by atoms with Gasteiger partial charge in [0.25, 0.3) is 0 Å². The molecule has 0 saturated heterocycles. The molecule has 0 aliphatic heterocycles. The molecule has 144 valence electrons. The summed E-state index contributed by atoms with van der Waals surface area (Å²) < 4.78 is 22.9. The Hall–Kier alpha value is -3.04. The van der Waals surface area contributed by atoms with Crippen molar-refractivity contribution in [2.75, 3.05) is 13.7 Å². The van der Waals surface area contributed by atoms with Crippen LogP contribution in [-0.4, -0.2) is 47.0 Å². The molecule has 1 aromatic carbocycles. The van der Waals surface area contributed by atoms with Crippen LogP contribution in [0.25, 0.3) is 0 Å². The van der Waals surface area contributed by atoms with Crippen LogP contribution >= 0.6 is 0 Å². The number of amides is 1. The third-order valence-corrected chi connectivity index (χ3v) is 3.64. The first-order valence-electron chi connectivity index (χ1n) is 7.96. The highest BCUT2D eigenvalue weighted by molar-refractivity contribution is 5.89. The Balaban J connectivity index is 1.88. The zero-order chi connectivity index (χ0) is 19.8. The van der Waals surface area contributed by atoms with E-state index in [-0.39, 0.29) is 18.7 Å². The zero-order valence-electron chi connectivity index (χ0n) is 14.5. The van der Waals surface area contributed by atoms with Crippen LogP contribution in [0, 0.1) is 5.95 Å². The summed E-state index contributed by atoms with van der Waals surface area (Å²) in [5.74, 6) is -2.03. The van der Waals surface area contributed by atoms with Crippen molar-refractivity contribution in [1.82, 2.24) is 10.3 Å². The second kappa shape index (κ2) is 9.60. The lowest BCUT2D eigenvalue weighted by Crippen LogP contribution is -2.35. The topological polar surface area (TPSA) is 118 Å². The van der Waals surface area contributed by atoms with Gasteiger partial charge in [-0.25, -0.2) is 14.6 Å². The van der Waals surface area contributed by atoms with Crippen LogP contribution in [0.1, 0.15) is 27.6 Å². The number of rotatable bonds is 7. The van der Waals surface area contributed by atoms with Gasteiger partial charge in [0.2, 0.25) is 5.95 Å². The number of carbonyl (C=O) groups is 2. The molecule has 2 atom stereocenters. The number of hydrogen-bond donors (Lipinski definition) is 3. The highest BCUT2D eigenvalue weighted by atomic mass is 19.1. The number of alkyl carbamates (subject to hydrolysis) is 1. The number of ether oxygens (including phenoxy) is 2. The molecule has 0 spiro atoms. The largest absolute Gasteiger partial charge is 0.465 e. The molecule has 27 heavy (non-hydrogen) atoms. The van der Waals surface area contributed by atoms with Gasteiger partial charge in [0.05, 0.1) is 7.11 Å². The molecule has 0 aliphatic rings. The minimum absolute atomic E-state index is 0.0104. The van der Waals surface area contributed by atoms with Gasteiger partial charge in [0.15, 0.2) is 0 Å². The number of hydrogen-bond acceptors (Lipinski definition) is 7. The molecule has 2 unspecified atom stereocenters. The number of benzene rings is 1. The molecule has 0 saturated carbocycles. The highest BCUT2D eigenvalue weighted by Gasteiger charge is 2.23. The quantitative estimate of drug-likeness (QED) is 0.491. The van der Waals surface area contributed by atoms with Gasteiger partial charge < -0.3 is 25.0 Å². The Kier molecular flexibility index (Phi) is 7.21. The summed E-state index contributed by atoms with van der Waals surface area (Å²) >= 11 is 0. The lowest BCUT2D eigenvalue weighted by Gasteiger charge is -2.19. The number of nitrogens with zero attached hydrogens (tertiary/aromatic N) is 1. The van der Waals surface area contributed by atoms with Crippen molar-refractivity contribution < 1.29 is 33.7 Å². The highest BCUT2D eigenvalue weighted by Crippen LogP contribution is 2.19. The fourth-order valence-corrected chi connectivity index (χ4v) is 2.17. The maximum absolute atomic E-state index is 13.5. The molecule has 1 heterocycles. The van der Waals surface area contributed by atoms with E-state index in [1.165, 1.54) is 0 Å². The van der Waals surface area contributed by atoms with Gasteiger partial charge in [-0.2, -0.15) is 4.39 Å². The lowest BCUT2D eigenvalue weighted by atomic mass is 10.0. The molecular weight excluding hydrogens is 359 g/mol. The van der Waals surface area contributed by atoms with Crippen LogP contribution < -0.4 is 5.32 Å². The average Bonchev–Trinajstić information content (AvgIpc) is 2.70. The molecule has 0 bridgehead atoms. The molecule has 3 N–H and O–H groups in total. The normalized spacial score (nSPS) is 12.7. The number of aromatic nitrogens is 1. The minimum Gasteiger partial charge on any atom is -0.465 e. The number of halogens is 1. The van der Waals surface area contributed by atoms with Gasteiger partial charge in [-0.1, -0.05) is 30.3 Å². The third-order valence-electron chi connectivity index (χ3n) is 3.64. The van der Waals surface area contributed by atoms with E-state index in [0.717, 1.165) is 24.9 Å². The molecule has 2 rings (SSSR count). The Morgan fingerprint density at radius 3 is 2.63 bits per heavy atom. The number of aliphatic hydroxyl groups is 2. The van der Waals surface area contributed by atoms with Crippen LogP contribution in [-0.2, 0) is 16.1 Å². The van der Waals surface area contributed by atoms with Gasteiger partial charge in [-0.3, -0.25) is 0 Å². The summed E-state index contributed by atoms with van der Waals surface area (Å²) in [6.07, 6.45) is -2.76. The van der Waals surface area contributed by atoms with Gasteiger partial charge in [-0.15, -0.1) is 0 Å². The number of esters is 1. The predicted molar refractivity (Wildman–Crippen MR) is 91.1 cm³/mol. The van der Waals surface area contributed by atoms with E-state index < -0.39 is 35.8 Å². The summed E-state index contributed by atoms with van der Waals surface area (Å²) in [6.45, 7) is -0.282. The third kappa shape index (κ3) is 5.73. The van der Waals surface area contributed by atoms with Crippen LogP contribution in [0.4, 0.5) is 9.18 Å². The molecule has 0 fully saturated rings. The van der Waals surface area contributed by atoms with E-state index in [9.17, 15) is 24.2 Å². The van der Waals surface area contributed by atoms with Crippen molar-refractivity contribution in [2.45, 2.75) is 18.8 Å². The number of carbonyl (C=O) groups excluding carboxylic acids is 2. The standard InChI is InChI=1S/C18H19FN2O6/c1-26-17(24)13-7-12(8-20-16(13)19)15(23)14(22)9-21-18(25)27-10-11-5-3-2-4-6-11/h2-8,14-15,22-23H,9-10H2,1H3,(H,21,25). The Labute approximate surface area is 154 Å². The molecule has 0 aliphatic carbocycles. The molecule has 1 aromatic heterocycles. The van der Waals surface area contributed by atoms with Gasteiger partial charge in [-0.05, 0) is 11.6 Å². The average molecular weight is 378 g/mol. The summed E-state index contributed by atoms with van der Waals surface area (Å²) in [4.78, 5) is 26.5. The van der Waals surface area contributed by atoms with Crippen molar-refractivity contribution in [3.63, 3.8) is 0 Å². The van der Waals surface area contributed by atoms with E-state index in [1.54, 1.807) is 24.3 Å². The summed E-state index contributed by atoms with van der Waals surface area (Å²) in [5.41, 5.74) is 0.307. The maximum atomic E-state index is 13.5. The first-order chi connectivity index (χ1) is 12.9. The maximum Gasteiger partial charge on any atom is 0.407 e. The number of methoxy groups -OCH3 is 1. The van der Waals surface area contributed by atoms with Gasteiger partial charge >= 0.3 is 12.1 Å². The fraction of sp³-hybridized carbons (Fsp3) is 0.278. The van der Waals surface area contributed by atoms with Gasteiger partial charge in [0.1, 0.15) is 24.4 Å². The Morgan fingerprint density at radius 2 is 1.96 bits per heavy atom. The summed E-state index contributed by atoms with van der Waals surface area (Å²) in [5, 5.41) is 22.4. The monoisotopic (exact) mass is 378 g/mol. The lowest BCUT2D eigenvalue weighted by molar-refractivity contribution is 0.0180. The van der Waals surface area contributed by atoms with E-state index in [2.05, 4.69) is 15.0 Å². The van der Waals surface area contributed by atoms with Crippen LogP contribution in [0.5, 0.6) is 0 Å². The van der Waals surface area contributed by atoms with Crippen molar-refractivity contribution in [2.24, 2.45) is 0 Å². The van der Waals surface area contributed by atoms with E-state index in [0.29, 0.717) is 0 Å². The van der Waals surface area contributed by atoms with Crippen molar-refractivity contribution in [3.8, 4) is 0 Å². The van der Waals surface area contributed by atoms with E-state index >= 15 is 0 Å². The van der Waals surface area contributed by atoms with Crippen molar-refractivity contribution >= 4 is 12.1 Å². The molecule has 9 heteroatoms. The van der Waals surface area contributed by atoms with Crippen LogP contribution in [0.2, 0.25) is 0 Å². The Morgan fingerprint density at radius 1 is 1.26 bits per heavy atom. The Bertz CT molecular complexity index is 787. The molecule has 1 amide bonds. The van der Waals surface area contributed by atoms with Gasteiger partial charge in [0, 0.05) is 18.3 Å². The first-order valence-corrected chi connectivity index (χ1v) is 7.96. The SMILES string of the molecule is COC(=O)c1cc(C(O)C(O)CNC(=O)OCc2ccccc2)cnc1F. The molecule has 2 aromatic rings. The number of nitrogens with one attached hydrogen (secondary N) is 1. The first kappa shape index (κ1) is 20.3. The van der Waals surface area contributed by atoms with E-state index in [4.69, 9.17) is 4.74 Å². The summed E-state index contributed by atoms with van der Waals surface area (Å²) in [7, 11) is 1.07. The summed E-state index contributed by atoms with van der Waals surface area (Å²) in [6, 6.07) is 10.0. The smallest absolute Gasteiger partial charge is 0.407 e. The van der Waals surface area contributed by atoms with Crippen molar-refractivity contribution in [1.29, 1.82) is 0 Å². The molecule has 0 radical (unpaired) electrons. The molecular formula is C18H19FN2O6. The number of aliphatic hydroxyl groups excluding tert-OH is 2.